The molecule has 2 saturated carbocycles. The first kappa shape index (κ1) is 13.0. The molecule has 0 radical (unpaired) electrons. The number of guanidine groups is 1. The highest BCUT2D eigenvalue weighted by Crippen LogP contribution is 2.57. The van der Waals surface area contributed by atoms with Gasteiger partial charge in [0.2, 0.25) is 0 Å². The lowest BCUT2D eigenvalue weighted by Gasteiger charge is -2.41. The van der Waals surface area contributed by atoms with Crippen LogP contribution in [0.2, 0.25) is 0 Å². The van der Waals surface area contributed by atoms with Crippen LogP contribution in [0, 0.1) is 11.3 Å². The van der Waals surface area contributed by atoms with E-state index >= 15 is 0 Å². The zero-order valence-corrected chi connectivity index (χ0v) is 12.1. The zero-order valence-electron chi connectivity index (χ0n) is 12.1. The molecule has 0 saturated heterocycles. The van der Waals surface area contributed by atoms with Crippen LogP contribution >= 0.6 is 0 Å². The maximum absolute atomic E-state index is 4.90. The van der Waals surface area contributed by atoms with Crippen molar-refractivity contribution in [2.75, 3.05) is 13.1 Å². The number of rotatable bonds is 5. The van der Waals surface area contributed by atoms with Crippen molar-refractivity contribution in [2.45, 2.75) is 57.9 Å². The average molecular weight is 261 g/mol. The highest BCUT2D eigenvalue weighted by atomic mass is 15.2. The van der Waals surface area contributed by atoms with Gasteiger partial charge in [0.1, 0.15) is 0 Å². The highest BCUT2D eigenvalue weighted by Gasteiger charge is 2.48. The summed E-state index contributed by atoms with van der Waals surface area (Å²) in [5.41, 5.74) is 0.580. The van der Waals surface area contributed by atoms with Crippen molar-refractivity contribution in [3.63, 3.8) is 0 Å². The Morgan fingerprint density at radius 3 is 2.53 bits per heavy atom. The summed E-state index contributed by atoms with van der Waals surface area (Å²) >= 11 is 0. The third-order valence-corrected chi connectivity index (χ3v) is 5.04. The van der Waals surface area contributed by atoms with E-state index < -0.39 is 0 Å². The van der Waals surface area contributed by atoms with Gasteiger partial charge in [-0.05, 0) is 56.8 Å². The van der Waals surface area contributed by atoms with E-state index in [1.165, 1.54) is 32.1 Å². The van der Waals surface area contributed by atoms with Crippen LogP contribution in [0.4, 0.5) is 0 Å². The predicted octanol–water partition coefficient (Wildman–Crippen LogP) is 2.84. The molecule has 0 bridgehead atoms. The minimum Gasteiger partial charge on any atom is -0.357 e. The number of hydrogen-bond acceptors (Lipinski definition) is 1. The third-order valence-electron chi connectivity index (χ3n) is 5.04. The van der Waals surface area contributed by atoms with Gasteiger partial charge in [0, 0.05) is 19.1 Å². The summed E-state index contributed by atoms with van der Waals surface area (Å²) in [7, 11) is 0. The Hall–Kier alpha value is -0.990. The van der Waals surface area contributed by atoms with Gasteiger partial charge in [0.25, 0.3) is 0 Å². The maximum atomic E-state index is 4.90. The van der Waals surface area contributed by atoms with Gasteiger partial charge in [-0.15, -0.1) is 0 Å². The Bertz CT molecular complexity index is 356. The van der Waals surface area contributed by atoms with E-state index in [-0.39, 0.29) is 0 Å². The van der Waals surface area contributed by atoms with E-state index in [1.807, 2.05) is 0 Å². The van der Waals surface area contributed by atoms with E-state index in [4.69, 9.17) is 4.99 Å². The standard InChI is InChI=1S/C16H27N3/c1-2-17-15(19-14-6-3-4-7-14)18-12-16(10-5-11-16)13-8-9-13/h3-4,13-14H,2,5-12H2,1H3,(H2,17,18,19). The Kier molecular flexibility index (Phi) is 3.81. The monoisotopic (exact) mass is 261 g/mol. The van der Waals surface area contributed by atoms with Gasteiger partial charge in [-0.2, -0.15) is 0 Å². The fourth-order valence-electron chi connectivity index (χ4n) is 3.51. The molecule has 0 unspecified atom stereocenters. The van der Waals surface area contributed by atoms with Crippen LogP contribution in [0.25, 0.3) is 0 Å². The topological polar surface area (TPSA) is 36.4 Å². The Labute approximate surface area is 117 Å². The van der Waals surface area contributed by atoms with Crippen molar-refractivity contribution >= 4 is 5.96 Å². The van der Waals surface area contributed by atoms with Gasteiger partial charge < -0.3 is 10.6 Å². The second-order valence-corrected chi connectivity index (χ2v) is 6.47. The Morgan fingerprint density at radius 2 is 2.00 bits per heavy atom. The minimum atomic E-state index is 0.552. The van der Waals surface area contributed by atoms with Crippen LogP contribution in [0.3, 0.4) is 0 Å². The number of nitrogens with zero attached hydrogens (tertiary/aromatic N) is 1. The molecule has 0 amide bonds. The number of aliphatic imine (C=N–C) groups is 1. The molecule has 0 spiro atoms. The van der Waals surface area contributed by atoms with Crippen LogP contribution in [0.1, 0.15) is 51.9 Å². The van der Waals surface area contributed by atoms with Crippen LogP contribution in [0.5, 0.6) is 0 Å². The van der Waals surface area contributed by atoms with Gasteiger partial charge in [-0.25, -0.2) is 0 Å². The molecule has 106 valence electrons. The lowest BCUT2D eigenvalue weighted by molar-refractivity contribution is 0.113. The molecule has 3 aliphatic rings. The van der Waals surface area contributed by atoms with Gasteiger partial charge in [-0.3, -0.25) is 4.99 Å². The molecule has 0 atom stereocenters. The average Bonchev–Trinajstić information content (AvgIpc) is 3.07. The molecule has 0 aromatic rings. The van der Waals surface area contributed by atoms with Crippen LogP contribution < -0.4 is 10.6 Å². The summed E-state index contributed by atoms with van der Waals surface area (Å²) in [6, 6.07) is 0.552. The Balaban J connectivity index is 1.57. The summed E-state index contributed by atoms with van der Waals surface area (Å²) in [4.78, 5) is 4.90. The summed E-state index contributed by atoms with van der Waals surface area (Å²) in [6.07, 6.45) is 13.9. The lowest BCUT2D eigenvalue weighted by atomic mass is 9.65. The van der Waals surface area contributed by atoms with Crippen molar-refractivity contribution < 1.29 is 0 Å². The molecular weight excluding hydrogens is 234 g/mol. The SMILES string of the molecule is CCNC(=NCC1(C2CC2)CCC1)NC1CC=CC1. The fraction of sp³-hybridized carbons (Fsp3) is 0.812. The number of hydrogen-bond donors (Lipinski definition) is 2. The van der Waals surface area contributed by atoms with Gasteiger partial charge in [0.05, 0.1) is 0 Å². The summed E-state index contributed by atoms with van der Waals surface area (Å²) in [5.74, 6) is 2.02. The molecule has 0 aromatic carbocycles. The van der Waals surface area contributed by atoms with Crippen molar-refractivity contribution in [2.24, 2.45) is 16.3 Å². The van der Waals surface area contributed by atoms with E-state index in [9.17, 15) is 0 Å². The third kappa shape index (κ3) is 2.96. The van der Waals surface area contributed by atoms with Crippen molar-refractivity contribution in [3.8, 4) is 0 Å². The van der Waals surface area contributed by atoms with Crippen LogP contribution in [-0.2, 0) is 0 Å². The first-order chi connectivity index (χ1) is 9.32. The van der Waals surface area contributed by atoms with Crippen molar-refractivity contribution in [1.82, 2.24) is 10.6 Å². The first-order valence-corrected chi connectivity index (χ1v) is 8.02. The van der Waals surface area contributed by atoms with Crippen LogP contribution in [-0.4, -0.2) is 25.1 Å². The molecule has 0 aromatic heterocycles. The van der Waals surface area contributed by atoms with E-state index in [0.29, 0.717) is 11.5 Å². The first-order valence-electron chi connectivity index (χ1n) is 8.02. The van der Waals surface area contributed by atoms with E-state index in [1.54, 1.807) is 0 Å². The Morgan fingerprint density at radius 1 is 1.26 bits per heavy atom. The van der Waals surface area contributed by atoms with Crippen molar-refractivity contribution in [3.05, 3.63) is 12.2 Å². The smallest absolute Gasteiger partial charge is 0.191 e. The second kappa shape index (κ2) is 5.56. The molecule has 3 heteroatoms. The van der Waals surface area contributed by atoms with E-state index in [0.717, 1.165) is 37.8 Å². The zero-order chi connectivity index (χ0) is 13.1. The molecular formula is C16H27N3. The molecule has 0 aliphatic heterocycles. The van der Waals surface area contributed by atoms with Gasteiger partial charge >= 0.3 is 0 Å². The normalized spacial score (nSPS) is 26.3. The fourth-order valence-corrected chi connectivity index (χ4v) is 3.51. The summed E-state index contributed by atoms with van der Waals surface area (Å²) in [6.45, 7) is 4.12. The lowest BCUT2D eigenvalue weighted by Crippen LogP contribution is -2.44. The molecule has 3 rings (SSSR count). The molecule has 19 heavy (non-hydrogen) atoms. The van der Waals surface area contributed by atoms with Gasteiger partial charge in [-0.1, -0.05) is 18.6 Å². The number of nitrogens with one attached hydrogen (secondary N) is 2. The summed E-state index contributed by atoms with van der Waals surface area (Å²) < 4.78 is 0. The molecule has 0 heterocycles. The molecule has 2 fully saturated rings. The van der Waals surface area contributed by atoms with Gasteiger partial charge in [0.15, 0.2) is 5.96 Å². The quantitative estimate of drug-likeness (QED) is 0.453. The summed E-state index contributed by atoms with van der Waals surface area (Å²) in [5, 5.41) is 6.97. The largest absolute Gasteiger partial charge is 0.357 e. The van der Waals surface area contributed by atoms with E-state index in [2.05, 4.69) is 29.7 Å². The van der Waals surface area contributed by atoms with Crippen LogP contribution in [0.15, 0.2) is 17.1 Å². The molecule has 2 N–H and O–H groups in total. The minimum absolute atomic E-state index is 0.552. The predicted molar refractivity (Wildman–Crippen MR) is 80.3 cm³/mol. The van der Waals surface area contributed by atoms with Crippen molar-refractivity contribution in [1.29, 1.82) is 0 Å². The maximum Gasteiger partial charge on any atom is 0.191 e. The molecule has 3 aliphatic carbocycles. The molecule has 3 nitrogen and oxygen atoms in total. The second-order valence-electron chi connectivity index (χ2n) is 6.47. The highest BCUT2D eigenvalue weighted by molar-refractivity contribution is 5.80.